The average molecular weight is 562 g/mol. The molecule has 0 aliphatic carbocycles. The maximum Gasteiger partial charge on any atom is 0.243 e. The Morgan fingerprint density at radius 2 is 1.24 bits per heavy atom. The summed E-state index contributed by atoms with van der Waals surface area (Å²) in [4.78, 5) is 2.67. The minimum absolute atomic E-state index is 0.210. The Bertz CT molecular complexity index is 1190. The van der Waals surface area contributed by atoms with Gasteiger partial charge in [-0.25, -0.2) is 8.42 Å². The molecular formula is C29H34Cl2N2O3S. The number of hydrogen-bond donors (Lipinski definition) is 0. The van der Waals surface area contributed by atoms with Gasteiger partial charge in [-0.05, 0) is 65.4 Å². The molecule has 3 aromatic carbocycles. The average Bonchev–Trinajstić information content (AvgIpc) is 2.90. The summed E-state index contributed by atoms with van der Waals surface area (Å²) in [6.07, 6.45) is 0.639. The molecule has 3 aromatic rings. The molecule has 1 fully saturated rings. The van der Waals surface area contributed by atoms with Crippen molar-refractivity contribution in [1.29, 1.82) is 0 Å². The number of sulfonamides is 1. The number of halogens is 2. The van der Waals surface area contributed by atoms with Crippen LogP contribution in [0.2, 0.25) is 10.0 Å². The molecule has 0 unspecified atom stereocenters. The Balaban J connectivity index is 1.28. The van der Waals surface area contributed by atoms with Crippen molar-refractivity contribution in [3.8, 4) is 0 Å². The number of ether oxygens (including phenoxy) is 1. The van der Waals surface area contributed by atoms with Crippen LogP contribution in [-0.2, 0) is 14.8 Å². The van der Waals surface area contributed by atoms with Crippen molar-refractivity contribution in [2.45, 2.75) is 37.2 Å². The standard InChI is InChI=1S/C29H34Cl2N2O3S/c1-22(2)23-8-14-28(15-9-23)37(34,35)33-19-17-32(18-20-33)16-3-21-36-29(24-4-10-26(30)11-5-24)25-6-12-27(31)13-7-25/h4-15,22,29H,3,16-21H2,1-2H3. The highest BCUT2D eigenvalue weighted by atomic mass is 35.5. The Morgan fingerprint density at radius 3 is 1.73 bits per heavy atom. The van der Waals surface area contributed by atoms with Crippen LogP contribution < -0.4 is 0 Å². The van der Waals surface area contributed by atoms with Crippen LogP contribution in [-0.4, -0.2) is 57.0 Å². The van der Waals surface area contributed by atoms with Crippen LogP contribution in [0.3, 0.4) is 0 Å². The Morgan fingerprint density at radius 1 is 0.757 bits per heavy atom. The van der Waals surface area contributed by atoms with Crippen molar-refractivity contribution < 1.29 is 13.2 Å². The third-order valence-electron chi connectivity index (χ3n) is 6.76. The minimum atomic E-state index is -3.47. The maximum atomic E-state index is 13.1. The van der Waals surface area contributed by atoms with E-state index in [4.69, 9.17) is 27.9 Å². The van der Waals surface area contributed by atoms with E-state index in [-0.39, 0.29) is 6.10 Å². The number of piperazine rings is 1. The molecule has 0 aromatic heterocycles. The van der Waals surface area contributed by atoms with Crippen molar-refractivity contribution in [1.82, 2.24) is 9.21 Å². The van der Waals surface area contributed by atoms with Gasteiger partial charge in [-0.15, -0.1) is 0 Å². The zero-order valence-corrected chi connectivity index (χ0v) is 23.6. The second kappa shape index (κ2) is 12.7. The van der Waals surface area contributed by atoms with Gasteiger partial charge in [0.15, 0.2) is 0 Å². The summed E-state index contributed by atoms with van der Waals surface area (Å²) < 4.78 is 34.1. The van der Waals surface area contributed by atoms with Gasteiger partial charge in [0.05, 0.1) is 4.90 Å². The molecule has 0 N–H and O–H groups in total. The fraction of sp³-hybridized carbons (Fsp3) is 0.379. The first-order valence-electron chi connectivity index (χ1n) is 12.7. The molecule has 0 saturated carbocycles. The molecule has 4 rings (SSSR count). The molecule has 8 heteroatoms. The molecule has 1 aliphatic heterocycles. The maximum absolute atomic E-state index is 13.1. The lowest BCUT2D eigenvalue weighted by Gasteiger charge is -2.34. The molecule has 0 amide bonds. The molecule has 5 nitrogen and oxygen atoms in total. The smallest absolute Gasteiger partial charge is 0.243 e. The van der Waals surface area contributed by atoms with Gasteiger partial charge in [0.2, 0.25) is 10.0 Å². The highest BCUT2D eigenvalue weighted by Gasteiger charge is 2.28. The van der Waals surface area contributed by atoms with Crippen molar-refractivity contribution in [2.24, 2.45) is 0 Å². The van der Waals surface area contributed by atoms with E-state index in [1.165, 1.54) is 0 Å². The highest BCUT2D eigenvalue weighted by molar-refractivity contribution is 7.89. The van der Waals surface area contributed by atoms with Gasteiger partial charge in [-0.3, -0.25) is 0 Å². The summed E-state index contributed by atoms with van der Waals surface area (Å²) in [5.41, 5.74) is 3.21. The number of nitrogens with zero attached hydrogens (tertiary/aromatic N) is 2. The first-order valence-corrected chi connectivity index (χ1v) is 14.9. The van der Waals surface area contributed by atoms with E-state index in [1.807, 2.05) is 60.7 Å². The largest absolute Gasteiger partial charge is 0.369 e. The summed E-state index contributed by atoms with van der Waals surface area (Å²) in [6.45, 7) is 8.04. The first kappa shape index (κ1) is 28.1. The molecular weight excluding hydrogens is 527 g/mol. The van der Waals surface area contributed by atoms with E-state index in [9.17, 15) is 8.42 Å². The lowest BCUT2D eigenvalue weighted by atomic mass is 10.0. The van der Waals surface area contributed by atoms with Crippen LogP contribution in [0.5, 0.6) is 0 Å². The monoisotopic (exact) mass is 560 g/mol. The fourth-order valence-electron chi connectivity index (χ4n) is 4.52. The van der Waals surface area contributed by atoms with Crippen LogP contribution >= 0.6 is 23.2 Å². The van der Waals surface area contributed by atoms with Crippen LogP contribution in [0, 0.1) is 0 Å². The van der Waals surface area contributed by atoms with Gasteiger partial charge in [0.25, 0.3) is 0 Å². The van der Waals surface area contributed by atoms with E-state index in [0.717, 1.165) is 29.7 Å². The van der Waals surface area contributed by atoms with E-state index < -0.39 is 10.0 Å². The van der Waals surface area contributed by atoms with Crippen LogP contribution in [0.15, 0.2) is 77.7 Å². The fourth-order valence-corrected chi connectivity index (χ4v) is 6.19. The molecule has 37 heavy (non-hydrogen) atoms. The van der Waals surface area contributed by atoms with Crippen LogP contribution in [0.1, 0.15) is 49.0 Å². The van der Waals surface area contributed by atoms with E-state index in [1.54, 1.807) is 16.4 Å². The Labute approximate surface area is 231 Å². The van der Waals surface area contributed by atoms with Gasteiger partial charge in [0, 0.05) is 49.4 Å². The SMILES string of the molecule is CC(C)c1ccc(S(=O)(=O)N2CCN(CCCOC(c3ccc(Cl)cc3)c3ccc(Cl)cc3)CC2)cc1. The molecule has 1 heterocycles. The second-order valence-electron chi connectivity index (χ2n) is 9.68. The lowest BCUT2D eigenvalue weighted by Crippen LogP contribution is -2.48. The molecule has 0 spiro atoms. The van der Waals surface area contributed by atoms with Crippen molar-refractivity contribution in [2.75, 3.05) is 39.3 Å². The summed E-state index contributed by atoms with van der Waals surface area (Å²) in [5.74, 6) is 0.372. The summed E-state index contributed by atoms with van der Waals surface area (Å²) in [6, 6.07) is 22.7. The van der Waals surface area contributed by atoms with Crippen molar-refractivity contribution in [3.63, 3.8) is 0 Å². The normalized spacial score (nSPS) is 15.5. The van der Waals surface area contributed by atoms with Crippen molar-refractivity contribution >= 4 is 33.2 Å². The van der Waals surface area contributed by atoms with Crippen molar-refractivity contribution in [3.05, 3.63) is 99.5 Å². The molecule has 1 saturated heterocycles. The van der Waals surface area contributed by atoms with E-state index in [0.29, 0.717) is 53.6 Å². The molecule has 1 aliphatic rings. The zero-order chi connectivity index (χ0) is 26.4. The van der Waals surface area contributed by atoms with Gasteiger partial charge in [-0.2, -0.15) is 4.31 Å². The second-order valence-corrected chi connectivity index (χ2v) is 12.5. The van der Waals surface area contributed by atoms with Crippen LogP contribution in [0.4, 0.5) is 0 Å². The summed E-state index contributed by atoms with van der Waals surface area (Å²) in [7, 11) is -3.47. The number of benzene rings is 3. The minimum Gasteiger partial charge on any atom is -0.369 e. The van der Waals surface area contributed by atoms with E-state index >= 15 is 0 Å². The molecule has 0 atom stereocenters. The van der Waals surface area contributed by atoms with Gasteiger partial charge in [0.1, 0.15) is 6.10 Å². The lowest BCUT2D eigenvalue weighted by molar-refractivity contribution is 0.0686. The topological polar surface area (TPSA) is 49.9 Å². The Kier molecular flexibility index (Phi) is 9.67. The Hall–Kier alpha value is -1.93. The predicted octanol–water partition coefficient (Wildman–Crippen LogP) is 6.62. The third kappa shape index (κ3) is 7.34. The van der Waals surface area contributed by atoms with Crippen LogP contribution in [0.25, 0.3) is 0 Å². The number of hydrogen-bond acceptors (Lipinski definition) is 4. The molecule has 198 valence electrons. The predicted molar refractivity (Wildman–Crippen MR) is 151 cm³/mol. The third-order valence-corrected chi connectivity index (χ3v) is 9.18. The van der Waals surface area contributed by atoms with Gasteiger partial charge >= 0.3 is 0 Å². The molecule has 0 radical (unpaired) electrons. The molecule has 0 bridgehead atoms. The van der Waals surface area contributed by atoms with E-state index in [2.05, 4.69) is 18.7 Å². The summed E-state index contributed by atoms with van der Waals surface area (Å²) in [5, 5.41) is 1.37. The zero-order valence-electron chi connectivity index (χ0n) is 21.3. The first-order chi connectivity index (χ1) is 17.7. The summed E-state index contributed by atoms with van der Waals surface area (Å²) >= 11 is 12.2. The highest BCUT2D eigenvalue weighted by Crippen LogP contribution is 2.28. The van der Waals surface area contributed by atoms with Gasteiger partial charge in [-0.1, -0.05) is 73.4 Å². The number of rotatable bonds is 10. The quantitative estimate of drug-likeness (QED) is 0.261. The van der Waals surface area contributed by atoms with Gasteiger partial charge < -0.3 is 9.64 Å².